The number of nitrogens with zero attached hydrogens (tertiary/aromatic N) is 2. The van der Waals surface area contributed by atoms with Crippen LogP contribution in [-0.4, -0.2) is 36.5 Å². The Kier molecular flexibility index (Phi) is 5.84. The summed E-state index contributed by atoms with van der Waals surface area (Å²) in [6.07, 6.45) is 4.10. The molecule has 2 aliphatic rings. The van der Waals surface area contributed by atoms with Gasteiger partial charge in [0.15, 0.2) is 0 Å². The van der Waals surface area contributed by atoms with E-state index in [9.17, 15) is 9.59 Å². The summed E-state index contributed by atoms with van der Waals surface area (Å²) in [6, 6.07) is 11.0. The van der Waals surface area contributed by atoms with E-state index in [0.29, 0.717) is 35.8 Å². The molecule has 1 aliphatic heterocycles. The maximum atomic E-state index is 13.7. The second-order valence-electron chi connectivity index (χ2n) is 8.40. The van der Waals surface area contributed by atoms with Crippen molar-refractivity contribution in [3.63, 3.8) is 0 Å². The number of ether oxygens (including phenoxy) is 1. The normalized spacial score (nSPS) is 17.9. The molecule has 0 saturated heterocycles. The van der Waals surface area contributed by atoms with Crippen molar-refractivity contribution in [1.29, 1.82) is 0 Å². The number of carbonyl (C=O) groups is 2. The summed E-state index contributed by atoms with van der Waals surface area (Å²) < 4.78 is 5.40. The third kappa shape index (κ3) is 3.74. The molecule has 0 bridgehead atoms. The van der Waals surface area contributed by atoms with Gasteiger partial charge in [0, 0.05) is 29.4 Å². The van der Waals surface area contributed by atoms with Gasteiger partial charge in [0.1, 0.15) is 11.3 Å². The molecular formula is C24H28ClN3O3. The number of rotatable bonds is 4. The molecule has 1 saturated carbocycles. The van der Waals surface area contributed by atoms with Crippen molar-refractivity contribution in [3.05, 3.63) is 52.5 Å². The highest BCUT2D eigenvalue weighted by Gasteiger charge is 2.49. The van der Waals surface area contributed by atoms with Gasteiger partial charge in [0.2, 0.25) is 5.91 Å². The summed E-state index contributed by atoms with van der Waals surface area (Å²) in [7, 11) is 3.35. The molecule has 6 nitrogen and oxygen atoms in total. The molecule has 2 aromatic carbocycles. The molecule has 1 aliphatic carbocycles. The van der Waals surface area contributed by atoms with Crippen LogP contribution in [0.2, 0.25) is 5.02 Å². The van der Waals surface area contributed by atoms with Crippen LogP contribution in [-0.2, 0) is 11.3 Å². The highest BCUT2D eigenvalue weighted by atomic mass is 35.5. The maximum absolute atomic E-state index is 13.7. The van der Waals surface area contributed by atoms with Gasteiger partial charge in [-0.1, -0.05) is 43.0 Å². The Morgan fingerprint density at radius 1 is 1.16 bits per heavy atom. The summed E-state index contributed by atoms with van der Waals surface area (Å²) in [5.41, 5.74) is 2.41. The molecule has 164 valence electrons. The van der Waals surface area contributed by atoms with Gasteiger partial charge in [-0.2, -0.15) is 0 Å². The number of benzene rings is 2. The molecule has 3 amide bonds. The maximum Gasteiger partial charge on any atom is 0.325 e. The van der Waals surface area contributed by atoms with E-state index < -0.39 is 5.54 Å². The largest absolute Gasteiger partial charge is 0.496 e. The van der Waals surface area contributed by atoms with E-state index in [-0.39, 0.29) is 11.9 Å². The quantitative estimate of drug-likeness (QED) is 0.693. The summed E-state index contributed by atoms with van der Waals surface area (Å²) in [4.78, 5) is 30.5. The van der Waals surface area contributed by atoms with E-state index in [4.69, 9.17) is 16.3 Å². The minimum absolute atomic E-state index is 0.157. The molecule has 2 aromatic rings. The number of amides is 3. The lowest BCUT2D eigenvalue weighted by Gasteiger charge is -2.48. The molecule has 1 fully saturated rings. The van der Waals surface area contributed by atoms with Gasteiger partial charge < -0.3 is 15.0 Å². The van der Waals surface area contributed by atoms with Crippen molar-refractivity contribution in [2.24, 2.45) is 0 Å². The smallest absolute Gasteiger partial charge is 0.325 e. The third-order valence-electron chi connectivity index (χ3n) is 6.58. The summed E-state index contributed by atoms with van der Waals surface area (Å²) in [5.74, 6) is 0.556. The zero-order valence-corrected chi connectivity index (χ0v) is 19.0. The monoisotopic (exact) mass is 441 g/mol. The lowest BCUT2D eigenvalue weighted by Crippen LogP contribution is -2.63. The van der Waals surface area contributed by atoms with Crippen LogP contribution in [0, 0.1) is 6.92 Å². The molecule has 7 heteroatoms. The molecule has 0 atom stereocenters. The van der Waals surface area contributed by atoms with Crippen LogP contribution in [0.5, 0.6) is 5.75 Å². The Morgan fingerprint density at radius 3 is 2.61 bits per heavy atom. The number of anilines is 2. The van der Waals surface area contributed by atoms with Crippen LogP contribution in [0.3, 0.4) is 0 Å². The second kappa shape index (κ2) is 8.42. The van der Waals surface area contributed by atoms with Gasteiger partial charge in [-0.15, -0.1) is 0 Å². The topological polar surface area (TPSA) is 61.9 Å². The van der Waals surface area contributed by atoms with Crippen LogP contribution in [0.1, 0.15) is 43.2 Å². The van der Waals surface area contributed by atoms with Crippen LogP contribution in [0.25, 0.3) is 0 Å². The first kappa shape index (κ1) is 21.5. The van der Waals surface area contributed by atoms with E-state index in [1.807, 2.05) is 43.3 Å². The summed E-state index contributed by atoms with van der Waals surface area (Å²) in [5, 5.41) is 3.67. The van der Waals surface area contributed by atoms with E-state index in [2.05, 4.69) is 5.32 Å². The first-order chi connectivity index (χ1) is 14.9. The van der Waals surface area contributed by atoms with Gasteiger partial charge in [-0.3, -0.25) is 9.69 Å². The van der Waals surface area contributed by atoms with Crippen LogP contribution in [0.4, 0.5) is 16.2 Å². The SMILES string of the molecule is COc1cc(NC(=O)C2(N3Cc4c(Cl)cccc4N(C)C3=O)CCCCC2)ccc1C. The Labute approximate surface area is 188 Å². The van der Waals surface area contributed by atoms with Crippen LogP contribution in [0.15, 0.2) is 36.4 Å². The number of hydrogen-bond acceptors (Lipinski definition) is 3. The van der Waals surface area contributed by atoms with Gasteiger partial charge >= 0.3 is 6.03 Å². The first-order valence-corrected chi connectivity index (χ1v) is 11.0. The van der Waals surface area contributed by atoms with Crippen molar-refractivity contribution < 1.29 is 14.3 Å². The molecule has 0 radical (unpaired) electrons. The molecule has 0 aromatic heterocycles. The molecule has 1 heterocycles. The standard InChI is InChI=1S/C24H28ClN3O3/c1-16-10-11-17(14-21(16)31-3)26-22(29)24(12-5-4-6-13-24)28-15-18-19(25)8-7-9-20(18)27(2)23(28)30/h7-11,14H,4-6,12-13,15H2,1-3H3,(H,26,29). The Morgan fingerprint density at radius 2 is 1.90 bits per heavy atom. The number of hydrogen-bond donors (Lipinski definition) is 1. The molecule has 0 unspecified atom stereocenters. The van der Waals surface area contributed by atoms with Gasteiger partial charge in [-0.25, -0.2) is 4.79 Å². The van der Waals surface area contributed by atoms with Gasteiger partial charge in [-0.05, 0) is 43.5 Å². The molecule has 31 heavy (non-hydrogen) atoms. The number of halogens is 1. The highest BCUT2D eigenvalue weighted by Crippen LogP contribution is 2.42. The average molecular weight is 442 g/mol. The van der Waals surface area contributed by atoms with E-state index >= 15 is 0 Å². The van der Waals surface area contributed by atoms with Crippen LogP contribution >= 0.6 is 11.6 Å². The van der Waals surface area contributed by atoms with Gasteiger partial charge in [0.25, 0.3) is 0 Å². The molecule has 4 rings (SSSR count). The third-order valence-corrected chi connectivity index (χ3v) is 6.93. The van der Waals surface area contributed by atoms with Crippen molar-refractivity contribution in [2.45, 2.75) is 51.1 Å². The zero-order valence-electron chi connectivity index (χ0n) is 18.2. The lowest BCUT2D eigenvalue weighted by molar-refractivity contribution is -0.128. The van der Waals surface area contributed by atoms with Crippen molar-refractivity contribution in [1.82, 2.24) is 4.90 Å². The number of methoxy groups -OCH3 is 1. The van der Waals surface area contributed by atoms with Crippen molar-refractivity contribution >= 4 is 34.9 Å². The fraction of sp³-hybridized carbons (Fsp3) is 0.417. The zero-order chi connectivity index (χ0) is 22.2. The minimum Gasteiger partial charge on any atom is -0.496 e. The Hall–Kier alpha value is -2.73. The fourth-order valence-corrected chi connectivity index (χ4v) is 4.99. The Balaban J connectivity index is 1.70. The number of aryl methyl sites for hydroxylation is 1. The van der Waals surface area contributed by atoms with E-state index in [0.717, 1.165) is 36.1 Å². The highest BCUT2D eigenvalue weighted by molar-refractivity contribution is 6.32. The summed E-state index contributed by atoms with van der Waals surface area (Å²) >= 11 is 6.48. The molecule has 1 N–H and O–H groups in total. The first-order valence-electron chi connectivity index (χ1n) is 10.7. The summed E-state index contributed by atoms with van der Waals surface area (Å²) in [6.45, 7) is 2.28. The predicted molar refractivity (Wildman–Crippen MR) is 123 cm³/mol. The lowest BCUT2D eigenvalue weighted by atomic mass is 9.78. The predicted octanol–water partition coefficient (Wildman–Crippen LogP) is 5.37. The van der Waals surface area contributed by atoms with Crippen molar-refractivity contribution in [2.75, 3.05) is 24.4 Å². The van der Waals surface area contributed by atoms with Gasteiger partial charge in [0.05, 0.1) is 19.3 Å². The van der Waals surface area contributed by atoms with E-state index in [1.54, 1.807) is 24.0 Å². The molecule has 0 spiro atoms. The fourth-order valence-electron chi connectivity index (χ4n) is 4.76. The second-order valence-corrected chi connectivity index (χ2v) is 8.80. The van der Waals surface area contributed by atoms with Crippen LogP contribution < -0.4 is 15.0 Å². The average Bonchev–Trinajstić information content (AvgIpc) is 2.78. The number of fused-ring (bicyclic) bond motifs is 1. The molecular weight excluding hydrogens is 414 g/mol. The number of nitrogens with one attached hydrogen (secondary N) is 1. The minimum atomic E-state index is -0.918. The van der Waals surface area contributed by atoms with E-state index in [1.165, 1.54) is 0 Å². The Bertz CT molecular complexity index is 1020. The number of carbonyl (C=O) groups excluding carboxylic acids is 2. The number of urea groups is 1. The van der Waals surface area contributed by atoms with Crippen molar-refractivity contribution in [3.8, 4) is 5.75 Å².